The molecule has 1 aliphatic carbocycles. The van der Waals surface area contributed by atoms with Crippen molar-refractivity contribution in [3.05, 3.63) is 199 Å². The number of hydrogen-bond acceptors (Lipinski definition) is 7. The third-order valence-corrected chi connectivity index (χ3v) is 15.1. The summed E-state index contributed by atoms with van der Waals surface area (Å²) in [4.78, 5) is 3.68. The standard InChI is InChI=1S/C56H37F3N2O4S2/c1-55(2)39-22-8-5-19-36(39)51-40(55)23-12-25-42(51)60(41-24-11-17-34-16-3-4-18-35(34)41)45-28-13-29-46(54(45)65-67(62,63)56(57,58)59)61(43-26-14-31-48-52(43)37-20-6-9-30-47(37)64-48)44-27-15-33-50-53(44)38-21-7-10-32-49(38)66-50/h3-33H,1-2H3. The van der Waals surface area contributed by atoms with Crippen molar-refractivity contribution in [1.29, 1.82) is 0 Å². The van der Waals surface area contributed by atoms with Crippen molar-refractivity contribution in [2.45, 2.75) is 24.8 Å². The molecule has 11 aromatic rings. The Morgan fingerprint density at radius 1 is 0.507 bits per heavy atom. The average Bonchev–Trinajstić information content (AvgIpc) is 3.98. The van der Waals surface area contributed by atoms with Crippen LogP contribution in [0.3, 0.4) is 0 Å². The highest BCUT2D eigenvalue weighted by atomic mass is 32.2. The molecule has 0 bridgehead atoms. The second-order valence-electron chi connectivity index (χ2n) is 17.1. The summed E-state index contributed by atoms with van der Waals surface area (Å²) in [6.45, 7) is 4.31. The van der Waals surface area contributed by atoms with Crippen molar-refractivity contribution >= 4 is 108 Å². The summed E-state index contributed by atoms with van der Waals surface area (Å²) in [7, 11) is -6.32. The lowest BCUT2D eigenvalue weighted by molar-refractivity contribution is -0.0499. The summed E-state index contributed by atoms with van der Waals surface area (Å²) >= 11 is 1.59. The molecule has 0 saturated heterocycles. The van der Waals surface area contributed by atoms with E-state index in [0.29, 0.717) is 39.3 Å². The molecule has 0 fully saturated rings. The Balaban J connectivity index is 1.24. The van der Waals surface area contributed by atoms with Crippen molar-refractivity contribution in [3.63, 3.8) is 0 Å². The molecule has 11 heteroatoms. The number of para-hydroxylation sites is 2. The molecule has 1 aliphatic rings. The first-order valence-electron chi connectivity index (χ1n) is 21.7. The van der Waals surface area contributed by atoms with Gasteiger partial charge in [0.1, 0.15) is 11.2 Å². The van der Waals surface area contributed by atoms with Crippen molar-refractivity contribution in [2.75, 3.05) is 9.80 Å². The number of alkyl halides is 3. The first-order chi connectivity index (χ1) is 32.4. The molecule has 0 unspecified atom stereocenters. The maximum absolute atomic E-state index is 15.0. The Bertz CT molecular complexity index is 3810. The van der Waals surface area contributed by atoms with Crippen LogP contribution < -0.4 is 14.0 Å². The summed E-state index contributed by atoms with van der Waals surface area (Å²) in [5.74, 6) is -0.530. The molecule has 0 radical (unpaired) electrons. The van der Waals surface area contributed by atoms with Crippen LogP contribution in [0.2, 0.25) is 0 Å². The number of hydrogen-bond donors (Lipinski definition) is 0. The molecule has 0 atom stereocenters. The van der Waals surface area contributed by atoms with Crippen LogP contribution in [0.1, 0.15) is 25.0 Å². The number of fused-ring (bicyclic) bond motifs is 10. The van der Waals surface area contributed by atoms with Gasteiger partial charge in [0.25, 0.3) is 0 Å². The van der Waals surface area contributed by atoms with Crippen molar-refractivity contribution in [1.82, 2.24) is 0 Å². The van der Waals surface area contributed by atoms with Crippen molar-refractivity contribution < 1.29 is 30.2 Å². The number of halogens is 3. The Kier molecular flexibility index (Phi) is 9.13. The number of nitrogens with zero attached hydrogens (tertiary/aromatic N) is 2. The van der Waals surface area contributed by atoms with Gasteiger partial charge in [-0.15, -0.1) is 11.3 Å². The lowest BCUT2D eigenvalue weighted by Gasteiger charge is -2.34. The third kappa shape index (κ3) is 6.25. The van der Waals surface area contributed by atoms with E-state index >= 15 is 13.2 Å². The number of benzene rings is 9. The van der Waals surface area contributed by atoms with Crippen LogP contribution in [0.4, 0.5) is 47.3 Å². The number of thiophene rings is 1. The minimum atomic E-state index is -6.32. The fourth-order valence-electron chi connectivity index (χ4n) is 10.1. The predicted octanol–water partition coefficient (Wildman–Crippen LogP) is 16.6. The van der Waals surface area contributed by atoms with Gasteiger partial charge in [-0.3, -0.25) is 0 Å². The fraction of sp³-hybridized carbons (Fsp3) is 0.0714. The third-order valence-electron chi connectivity index (χ3n) is 13.0. The van der Waals surface area contributed by atoms with Crippen LogP contribution in [0.15, 0.2) is 192 Å². The topological polar surface area (TPSA) is 63.0 Å². The predicted molar refractivity (Wildman–Crippen MR) is 267 cm³/mol. The fourth-order valence-corrected chi connectivity index (χ4v) is 11.7. The Hall–Kier alpha value is -7.60. The smallest absolute Gasteiger partial charge is 0.456 e. The van der Waals surface area contributed by atoms with E-state index in [2.05, 4.69) is 32.0 Å². The van der Waals surface area contributed by atoms with Crippen LogP contribution in [0.25, 0.3) is 64.0 Å². The molecule has 67 heavy (non-hydrogen) atoms. The van der Waals surface area contributed by atoms with E-state index < -0.39 is 26.8 Å². The zero-order valence-electron chi connectivity index (χ0n) is 35.9. The molecular weight excluding hydrogens is 886 g/mol. The number of rotatable bonds is 8. The molecule has 9 aromatic carbocycles. The van der Waals surface area contributed by atoms with E-state index in [1.807, 2.05) is 161 Å². The summed E-state index contributed by atoms with van der Waals surface area (Å²) in [5.41, 5.74) is 1.29. The van der Waals surface area contributed by atoms with Gasteiger partial charge in [0, 0.05) is 41.9 Å². The molecule has 6 nitrogen and oxygen atoms in total. The minimum Gasteiger partial charge on any atom is -0.456 e. The van der Waals surface area contributed by atoms with Crippen molar-refractivity contribution in [2.24, 2.45) is 0 Å². The van der Waals surface area contributed by atoms with E-state index in [9.17, 15) is 8.42 Å². The van der Waals surface area contributed by atoms with Gasteiger partial charge in [-0.2, -0.15) is 21.6 Å². The quantitative estimate of drug-likeness (QED) is 0.112. The number of anilines is 6. The van der Waals surface area contributed by atoms with Crippen LogP contribution >= 0.6 is 11.3 Å². The van der Waals surface area contributed by atoms with Gasteiger partial charge in [-0.25, -0.2) is 0 Å². The summed E-state index contributed by atoms with van der Waals surface area (Å²) < 4.78 is 86.9. The first kappa shape index (κ1) is 40.9. The molecule has 0 saturated carbocycles. The minimum absolute atomic E-state index is 0.0458. The summed E-state index contributed by atoms with van der Waals surface area (Å²) in [6.07, 6.45) is 0. The second-order valence-corrected chi connectivity index (χ2v) is 19.8. The van der Waals surface area contributed by atoms with E-state index in [0.717, 1.165) is 58.6 Å². The van der Waals surface area contributed by atoms with Gasteiger partial charge < -0.3 is 18.4 Å². The zero-order chi connectivity index (χ0) is 45.8. The van der Waals surface area contributed by atoms with Crippen LogP contribution in [-0.2, 0) is 15.5 Å². The molecule has 2 heterocycles. The molecule has 12 rings (SSSR count). The molecule has 0 N–H and O–H groups in total. The van der Waals surface area contributed by atoms with Gasteiger partial charge in [0.15, 0.2) is 5.75 Å². The maximum atomic E-state index is 15.0. The normalized spacial score (nSPS) is 13.4. The van der Waals surface area contributed by atoms with Gasteiger partial charge in [0.2, 0.25) is 0 Å². The van der Waals surface area contributed by atoms with Crippen LogP contribution in [0.5, 0.6) is 5.75 Å². The lowest BCUT2D eigenvalue weighted by Crippen LogP contribution is -2.29. The summed E-state index contributed by atoms with van der Waals surface area (Å²) in [5, 5.41) is 4.84. The molecule has 328 valence electrons. The highest BCUT2D eigenvalue weighted by molar-refractivity contribution is 7.88. The monoisotopic (exact) mass is 922 g/mol. The Morgan fingerprint density at radius 2 is 1.03 bits per heavy atom. The van der Waals surface area contributed by atoms with Crippen LogP contribution in [0, 0.1) is 0 Å². The van der Waals surface area contributed by atoms with E-state index in [-0.39, 0.29) is 11.4 Å². The molecular formula is C56H37F3N2O4S2. The van der Waals surface area contributed by atoms with Gasteiger partial charge in [0.05, 0.1) is 39.5 Å². The molecule has 2 aromatic heterocycles. The molecule has 0 amide bonds. The largest absolute Gasteiger partial charge is 0.534 e. The first-order valence-corrected chi connectivity index (χ1v) is 23.9. The maximum Gasteiger partial charge on any atom is 0.534 e. The zero-order valence-corrected chi connectivity index (χ0v) is 37.5. The van der Waals surface area contributed by atoms with Crippen LogP contribution in [-0.4, -0.2) is 13.9 Å². The van der Waals surface area contributed by atoms with Gasteiger partial charge in [-0.1, -0.05) is 141 Å². The van der Waals surface area contributed by atoms with E-state index in [4.69, 9.17) is 8.60 Å². The Morgan fingerprint density at radius 3 is 1.84 bits per heavy atom. The molecule has 0 spiro atoms. The molecule has 0 aliphatic heterocycles. The van der Waals surface area contributed by atoms with Gasteiger partial charge in [-0.05, 0) is 82.7 Å². The second kappa shape index (κ2) is 15.0. The highest BCUT2D eigenvalue weighted by Gasteiger charge is 2.50. The van der Waals surface area contributed by atoms with Gasteiger partial charge >= 0.3 is 15.6 Å². The summed E-state index contributed by atoms with van der Waals surface area (Å²) in [6, 6.07) is 59.5. The van der Waals surface area contributed by atoms with Crippen molar-refractivity contribution in [3.8, 4) is 16.9 Å². The lowest BCUT2D eigenvalue weighted by atomic mass is 9.82. The van der Waals surface area contributed by atoms with E-state index in [1.165, 1.54) is 0 Å². The average molecular weight is 923 g/mol. The number of furan rings is 1. The SMILES string of the molecule is CC1(C)c2ccccc2-c2c(N(c3cccc(N(c4cccc5oc6ccccc6c45)c4cccc5sc6ccccc6c45)c3OS(=O)(=O)C(F)(F)F)c3cccc4ccccc34)cccc21. The van der Waals surface area contributed by atoms with E-state index in [1.54, 1.807) is 29.5 Å². The Labute approximate surface area is 387 Å². The highest BCUT2D eigenvalue weighted by Crippen LogP contribution is 2.58.